The van der Waals surface area contributed by atoms with Crippen molar-refractivity contribution in [1.82, 2.24) is 5.32 Å². The standard InChI is InChI=1S/C13H21NO3/c1-3-13(4-2,9-15)14-8-10-6-5-7-11(16)12(10)17/h5-7,14-17H,3-4,8-9H2,1-2H3. The number of benzene rings is 1. The van der Waals surface area contributed by atoms with Gasteiger partial charge in [0.1, 0.15) is 0 Å². The van der Waals surface area contributed by atoms with Gasteiger partial charge in [0.25, 0.3) is 0 Å². The average Bonchev–Trinajstić information content (AvgIpc) is 2.36. The lowest BCUT2D eigenvalue weighted by molar-refractivity contribution is 0.149. The van der Waals surface area contributed by atoms with Gasteiger partial charge in [0.2, 0.25) is 0 Å². The molecule has 0 heterocycles. The Morgan fingerprint density at radius 2 is 1.82 bits per heavy atom. The quantitative estimate of drug-likeness (QED) is 0.571. The third-order valence-electron chi connectivity index (χ3n) is 3.41. The van der Waals surface area contributed by atoms with Crippen LogP contribution in [0.25, 0.3) is 0 Å². The molecular weight excluding hydrogens is 218 g/mol. The Hall–Kier alpha value is -1.26. The number of phenols is 2. The van der Waals surface area contributed by atoms with Crippen molar-refractivity contribution in [1.29, 1.82) is 0 Å². The highest BCUT2D eigenvalue weighted by molar-refractivity contribution is 5.44. The molecule has 4 nitrogen and oxygen atoms in total. The van der Waals surface area contributed by atoms with Crippen molar-refractivity contribution in [2.75, 3.05) is 6.61 Å². The van der Waals surface area contributed by atoms with Crippen LogP contribution in [0.3, 0.4) is 0 Å². The van der Waals surface area contributed by atoms with Crippen LogP contribution in [0.2, 0.25) is 0 Å². The maximum absolute atomic E-state index is 9.66. The van der Waals surface area contributed by atoms with Gasteiger partial charge < -0.3 is 20.6 Å². The van der Waals surface area contributed by atoms with E-state index in [1.807, 2.05) is 13.8 Å². The second-order valence-corrected chi connectivity index (χ2v) is 4.28. The highest BCUT2D eigenvalue weighted by atomic mass is 16.3. The molecule has 0 saturated heterocycles. The van der Waals surface area contributed by atoms with Crippen molar-refractivity contribution < 1.29 is 15.3 Å². The molecule has 0 aliphatic heterocycles. The topological polar surface area (TPSA) is 72.7 Å². The van der Waals surface area contributed by atoms with E-state index in [9.17, 15) is 15.3 Å². The first-order chi connectivity index (χ1) is 8.08. The minimum atomic E-state index is -0.322. The molecule has 1 rings (SSSR count). The second kappa shape index (κ2) is 5.89. The highest BCUT2D eigenvalue weighted by Crippen LogP contribution is 2.28. The SMILES string of the molecule is CCC(CC)(CO)NCc1cccc(O)c1O. The Bertz CT molecular complexity index is 353. The molecule has 0 unspecified atom stereocenters. The number of phenolic OH excluding ortho intramolecular Hbond substituents is 2. The molecular formula is C13H21NO3. The minimum absolute atomic E-state index is 0.0551. The summed E-state index contributed by atoms with van der Waals surface area (Å²) in [6, 6.07) is 4.87. The molecule has 0 aliphatic carbocycles. The molecule has 0 fully saturated rings. The van der Waals surface area contributed by atoms with E-state index in [0.29, 0.717) is 12.1 Å². The highest BCUT2D eigenvalue weighted by Gasteiger charge is 2.24. The van der Waals surface area contributed by atoms with E-state index in [-0.39, 0.29) is 23.6 Å². The smallest absolute Gasteiger partial charge is 0.161 e. The van der Waals surface area contributed by atoms with Gasteiger partial charge in [-0.25, -0.2) is 0 Å². The van der Waals surface area contributed by atoms with Crippen molar-refractivity contribution in [2.24, 2.45) is 0 Å². The Labute approximate surface area is 102 Å². The maximum Gasteiger partial charge on any atom is 0.161 e. The number of rotatable bonds is 6. The number of hydrogen-bond donors (Lipinski definition) is 4. The van der Waals surface area contributed by atoms with E-state index in [0.717, 1.165) is 12.8 Å². The summed E-state index contributed by atoms with van der Waals surface area (Å²) in [4.78, 5) is 0. The zero-order valence-corrected chi connectivity index (χ0v) is 10.4. The summed E-state index contributed by atoms with van der Waals surface area (Å²) in [5.74, 6) is -0.217. The molecule has 4 heteroatoms. The van der Waals surface area contributed by atoms with Crippen molar-refractivity contribution in [3.8, 4) is 11.5 Å². The third-order valence-corrected chi connectivity index (χ3v) is 3.41. The number of aliphatic hydroxyl groups excluding tert-OH is 1. The van der Waals surface area contributed by atoms with Crippen molar-refractivity contribution >= 4 is 0 Å². The van der Waals surface area contributed by atoms with Gasteiger partial charge in [0, 0.05) is 17.6 Å². The molecule has 0 amide bonds. The lowest BCUT2D eigenvalue weighted by Gasteiger charge is -2.31. The van der Waals surface area contributed by atoms with E-state index in [2.05, 4.69) is 5.32 Å². The fourth-order valence-corrected chi connectivity index (χ4v) is 1.78. The first-order valence-corrected chi connectivity index (χ1v) is 5.94. The molecule has 0 aromatic heterocycles. The largest absolute Gasteiger partial charge is 0.504 e. The lowest BCUT2D eigenvalue weighted by Crippen LogP contribution is -2.47. The molecule has 0 saturated carbocycles. The van der Waals surface area contributed by atoms with Gasteiger partial charge in [-0.05, 0) is 18.9 Å². The van der Waals surface area contributed by atoms with Crippen LogP contribution in [-0.4, -0.2) is 27.5 Å². The van der Waals surface area contributed by atoms with E-state index in [1.165, 1.54) is 6.07 Å². The van der Waals surface area contributed by atoms with Gasteiger partial charge in [0.15, 0.2) is 11.5 Å². The molecule has 0 spiro atoms. The van der Waals surface area contributed by atoms with Crippen LogP contribution >= 0.6 is 0 Å². The molecule has 96 valence electrons. The van der Waals surface area contributed by atoms with E-state index < -0.39 is 0 Å². The predicted octanol–water partition coefficient (Wildman–Crippen LogP) is 1.74. The monoisotopic (exact) mass is 239 g/mol. The van der Waals surface area contributed by atoms with Crippen molar-refractivity contribution in [2.45, 2.75) is 38.8 Å². The molecule has 0 radical (unpaired) electrons. The summed E-state index contributed by atoms with van der Waals surface area (Å²) in [6.07, 6.45) is 1.61. The van der Waals surface area contributed by atoms with E-state index in [4.69, 9.17) is 0 Å². The summed E-state index contributed by atoms with van der Waals surface area (Å²) < 4.78 is 0. The number of aliphatic hydroxyl groups is 1. The van der Waals surface area contributed by atoms with Crippen LogP contribution in [-0.2, 0) is 6.54 Å². The third kappa shape index (κ3) is 3.11. The second-order valence-electron chi connectivity index (χ2n) is 4.28. The number of nitrogens with one attached hydrogen (secondary N) is 1. The lowest BCUT2D eigenvalue weighted by atomic mass is 9.93. The average molecular weight is 239 g/mol. The first-order valence-electron chi connectivity index (χ1n) is 5.94. The fraction of sp³-hybridized carbons (Fsp3) is 0.538. The van der Waals surface area contributed by atoms with Crippen LogP contribution in [0.4, 0.5) is 0 Å². The molecule has 0 bridgehead atoms. The normalized spacial score (nSPS) is 11.7. The van der Waals surface area contributed by atoms with Gasteiger partial charge in [-0.3, -0.25) is 0 Å². The fourth-order valence-electron chi connectivity index (χ4n) is 1.78. The first kappa shape index (κ1) is 13.8. The molecule has 4 N–H and O–H groups in total. The Balaban J connectivity index is 2.75. The molecule has 0 aliphatic rings. The predicted molar refractivity (Wildman–Crippen MR) is 67.0 cm³/mol. The summed E-state index contributed by atoms with van der Waals surface area (Å²) >= 11 is 0. The molecule has 1 aromatic rings. The number of para-hydroxylation sites is 1. The zero-order chi connectivity index (χ0) is 12.9. The zero-order valence-electron chi connectivity index (χ0n) is 10.4. The van der Waals surface area contributed by atoms with Gasteiger partial charge in [-0.2, -0.15) is 0 Å². The van der Waals surface area contributed by atoms with Gasteiger partial charge >= 0.3 is 0 Å². The number of hydrogen-bond acceptors (Lipinski definition) is 4. The summed E-state index contributed by atoms with van der Waals surface area (Å²) in [6.45, 7) is 4.49. The van der Waals surface area contributed by atoms with Crippen LogP contribution in [0.1, 0.15) is 32.3 Å². The van der Waals surface area contributed by atoms with E-state index in [1.54, 1.807) is 12.1 Å². The molecule has 0 atom stereocenters. The van der Waals surface area contributed by atoms with Crippen LogP contribution in [0.15, 0.2) is 18.2 Å². The Morgan fingerprint density at radius 1 is 1.18 bits per heavy atom. The van der Waals surface area contributed by atoms with Crippen molar-refractivity contribution in [3.05, 3.63) is 23.8 Å². The number of aromatic hydroxyl groups is 2. The minimum Gasteiger partial charge on any atom is -0.504 e. The van der Waals surface area contributed by atoms with Crippen LogP contribution in [0.5, 0.6) is 11.5 Å². The summed E-state index contributed by atoms with van der Waals surface area (Å²) in [5, 5.41) is 31.7. The van der Waals surface area contributed by atoms with Crippen LogP contribution < -0.4 is 5.32 Å². The van der Waals surface area contributed by atoms with Crippen molar-refractivity contribution in [3.63, 3.8) is 0 Å². The van der Waals surface area contributed by atoms with Crippen LogP contribution in [0, 0.1) is 0 Å². The summed E-state index contributed by atoms with van der Waals surface area (Å²) in [5.41, 5.74) is 0.308. The van der Waals surface area contributed by atoms with Gasteiger partial charge in [-0.15, -0.1) is 0 Å². The van der Waals surface area contributed by atoms with E-state index >= 15 is 0 Å². The molecule has 17 heavy (non-hydrogen) atoms. The summed E-state index contributed by atoms with van der Waals surface area (Å²) in [7, 11) is 0. The maximum atomic E-state index is 9.66. The molecule has 1 aromatic carbocycles. The van der Waals surface area contributed by atoms with Gasteiger partial charge in [-0.1, -0.05) is 26.0 Å². The Kier molecular flexibility index (Phi) is 4.78. The Morgan fingerprint density at radius 3 is 2.35 bits per heavy atom. The van der Waals surface area contributed by atoms with Gasteiger partial charge in [0.05, 0.1) is 6.61 Å².